The van der Waals surface area contributed by atoms with Crippen LogP contribution in [0.25, 0.3) is 0 Å². The van der Waals surface area contributed by atoms with Crippen LogP contribution in [0.4, 0.5) is 8.78 Å². The predicted molar refractivity (Wildman–Crippen MR) is 100 cm³/mol. The van der Waals surface area contributed by atoms with E-state index in [0.29, 0.717) is 12.0 Å². The van der Waals surface area contributed by atoms with Gasteiger partial charge < -0.3 is 9.64 Å². The van der Waals surface area contributed by atoms with Crippen LogP contribution in [0.2, 0.25) is 0 Å². The zero-order valence-electron chi connectivity index (χ0n) is 15.3. The van der Waals surface area contributed by atoms with Crippen LogP contribution in [0.3, 0.4) is 0 Å². The van der Waals surface area contributed by atoms with Crippen LogP contribution in [0.15, 0.2) is 48.5 Å². The molecule has 1 heterocycles. The number of benzene rings is 2. The summed E-state index contributed by atoms with van der Waals surface area (Å²) in [6, 6.07) is 10.9. The van der Waals surface area contributed by atoms with E-state index in [2.05, 4.69) is 0 Å². The lowest BCUT2D eigenvalue weighted by Gasteiger charge is -2.31. The molecule has 28 heavy (non-hydrogen) atoms. The Morgan fingerprint density at radius 2 is 1.86 bits per heavy atom. The van der Waals surface area contributed by atoms with Gasteiger partial charge in [-0.05, 0) is 43.2 Å². The predicted octanol–water partition coefficient (Wildman–Crippen LogP) is 2.95. The third-order valence-electron chi connectivity index (χ3n) is 4.69. The summed E-state index contributed by atoms with van der Waals surface area (Å²) in [5.74, 6) is -1.62. The first-order chi connectivity index (χ1) is 13.2. The number of sulfone groups is 1. The standard InChI is InChI=1S/C20H21F2NO4S/c1-14(27-19-5-3-2-4-18(19)22)20(24)23(17-10-11-28(25,26)13-17)12-15-6-8-16(21)9-7-15/h2-9,14,17H,10-13H2,1H3. The number of para-hydroxylation sites is 1. The quantitative estimate of drug-likeness (QED) is 0.736. The molecule has 0 aromatic heterocycles. The molecular formula is C20H21F2NO4S. The molecule has 1 fully saturated rings. The molecule has 8 heteroatoms. The van der Waals surface area contributed by atoms with Crippen molar-refractivity contribution in [1.82, 2.24) is 4.90 Å². The van der Waals surface area contributed by atoms with Crippen molar-refractivity contribution in [2.45, 2.75) is 32.0 Å². The van der Waals surface area contributed by atoms with Gasteiger partial charge in [0.2, 0.25) is 0 Å². The first-order valence-corrected chi connectivity index (χ1v) is 10.7. The summed E-state index contributed by atoms with van der Waals surface area (Å²) < 4.78 is 56.3. The van der Waals surface area contributed by atoms with Gasteiger partial charge in [-0.2, -0.15) is 0 Å². The highest BCUT2D eigenvalue weighted by molar-refractivity contribution is 7.91. The second-order valence-corrected chi connectivity index (χ2v) is 9.07. The Labute approximate surface area is 162 Å². The maximum atomic E-state index is 13.8. The SMILES string of the molecule is CC(Oc1ccccc1F)C(=O)N(Cc1ccc(F)cc1)C1CCS(=O)(=O)C1. The monoisotopic (exact) mass is 409 g/mol. The van der Waals surface area contributed by atoms with Crippen LogP contribution in [0, 0.1) is 11.6 Å². The van der Waals surface area contributed by atoms with E-state index in [-0.39, 0.29) is 23.8 Å². The first-order valence-electron chi connectivity index (χ1n) is 8.92. The largest absolute Gasteiger partial charge is 0.478 e. The van der Waals surface area contributed by atoms with Crippen LogP contribution in [-0.4, -0.2) is 42.9 Å². The van der Waals surface area contributed by atoms with Crippen molar-refractivity contribution < 1.29 is 26.7 Å². The molecule has 2 atom stereocenters. The molecule has 0 bridgehead atoms. The average molecular weight is 409 g/mol. The van der Waals surface area contributed by atoms with E-state index >= 15 is 0 Å². The van der Waals surface area contributed by atoms with Gasteiger partial charge in [-0.3, -0.25) is 4.79 Å². The zero-order valence-corrected chi connectivity index (χ0v) is 16.2. The summed E-state index contributed by atoms with van der Waals surface area (Å²) in [5, 5.41) is 0. The molecule has 1 saturated heterocycles. The summed E-state index contributed by atoms with van der Waals surface area (Å²) in [6.45, 7) is 1.61. The Kier molecular flexibility index (Phi) is 5.98. The lowest BCUT2D eigenvalue weighted by molar-refractivity contribution is -0.140. The number of nitrogens with zero attached hydrogens (tertiary/aromatic N) is 1. The number of carbonyl (C=O) groups excluding carboxylic acids is 1. The van der Waals surface area contributed by atoms with Crippen LogP contribution < -0.4 is 4.74 Å². The molecule has 2 aromatic rings. The summed E-state index contributed by atoms with van der Waals surface area (Å²) in [6.07, 6.45) is -0.692. The van der Waals surface area contributed by atoms with Crippen molar-refractivity contribution in [2.75, 3.05) is 11.5 Å². The number of carbonyl (C=O) groups is 1. The minimum Gasteiger partial charge on any atom is -0.478 e. The van der Waals surface area contributed by atoms with Crippen molar-refractivity contribution in [1.29, 1.82) is 0 Å². The third-order valence-corrected chi connectivity index (χ3v) is 6.44. The molecule has 1 amide bonds. The number of halogens is 2. The van der Waals surface area contributed by atoms with E-state index in [4.69, 9.17) is 4.74 Å². The molecule has 2 unspecified atom stereocenters. The number of ether oxygens (including phenoxy) is 1. The maximum Gasteiger partial charge on any atom is 0.263 e. The fourth-order valence-corrected chi connectivity index (χ4v) is 4.94. The minimum atomic E-state index is -3.22. The molecule has 2 aromatic carbocycles. The summed E-state index contributed by atoms with van der Waals surface area (Å²) in [7, 11) is -3.22. The molecule has 5 nitrogen and oxygen atoms in total. The van der Waals surface area contributed by atoms with Crippen LogP contribution >= 0.6 is 0 Å². The topological polar surface area (TPSA) is 63.7 Å². The molecule has 150 valence electrons. The van der Waals surface area contributed by atoms with Gasteiger partial charge in [0.1, 0.15) is 5.82 Å². The molecule has 0 aliphatic carbocycles. The lowest BCUT2D eigenvalue weighted by Crippen LogP contribution is -2.46. The lowest BCUT2D eigenvalue weighted by atomic mass is 10.1. The average Bonchev–Trinajstić information content (AvgIpc) is 3.02. The Balaban J connectivity index is 1.81. The Bertz CT molecular complexity index is 947. The fraction of sp³-hybridized carbons (Fsp3) is 0.350. The smallest absolute Gasteiger partial charge is 0.263 e. The van der Waals surface area contributed by atoms with E-state index in [1.807, 2.05) is 0 Å². The summed E-state index contributed by atoms with van der Waals surface area (Å²) in [5.41, 5.74) is 0.664. The molecule has 0 spiro atoms. The summed E-state index contributed by atoms with van der Waals surface area (Å²) >= 11 is 0. The van der Waals surface area contributed by atoms with Crippen molar-refractivity contribution in [2.24, 2.45) is 0 Å². The van der Waals surface area contributed by atoms with Gasteiger partial charge in [0, 0.05) is 12.6 Å². The highest BCUT2D eigenvalue weighted by Gasteiger charge is 2.36. The second kappa shape index (κ2) is 8.26. The van der Waals surface area contributed by atoms with Gasteiger partial charge in [0.15, 0.2) is 27.5 Å². The van der Waals surface area contributed by atoms with E-state index in [1.54, 1.807) is 18.2 Å². The third kappa shape index (κ3) is 4.86. The Morgan fingerprint density at radius 1 is 1.18 bits per heavy atom. The van der Waals surface area contributed by atoms with Crippen molar-refractivity contribution in [3.63, 3.8) is 0 Å². The van der Waals surface area contributed by atoms with Gasteiger partial charge >= 0.3 is 0 Å². The molecule has 1 aliphatic heterocycles. The Morgan fingerprint density at radius 3 is 2.46 bits per heavy atom. The molecule has 0 saturated carbocycles. The van der Waals surface area contributed by atoms with Crippen LogP contribution in [0.1, 0.15) is 18.9 Å². The fourth-order valence-electron chi connectivity index (χ4n) is 3.21. The van der Waals surface area contributed by atoms with Gasteiger partial charge in [0.05, 0.1) is 11.5 Å². The van der Waals surface area contributed by atoms with Crippen molar-refractivity contribution in [3.05, 3.63) is 65.7 Å². The number of hydrogen-bond acceptors (Lipinski definition) is 4. The second-order valence-electron chi connectivity index (χ2n) is 6.84. The van der Waals surface area contributed by atoms with Gasteiger partial charge in [0.25, 0.3) is 5.91 Å². The zero-order chi connectivity index (χ0) is 20.3. The minimum absolute atomic E-state index is 0.00736. The summed E-state index contributed by atoms with van der Waals surface area (Å²) in [4.78, 5) is 14.5. The first kappa shape index (κ1) is 20.3. The molecule has 3 rings (SSSR count). The highest BCUT2D eigenvalue weighted by Crippen LogP contribution is 2.23. The van der Waals surface area contributed by atoms with Crippen LogP contribution in [0.5, 0.6) is 5.75 Å². The molecule has 0 N–H and O–H groups in total. The van der Waals surface area contributed by atoms with E-state index in [1.165, 1.54) is 42.2 Å². The van der Waals surface area contributed by atoms with Crippen molar-refractivity contribution in [3.8, 4) is 5.75 Å². The number of amides is 1. The van der Waals surface area contributed by atoms with Crippen molar-refractivity contribution >= 4 is 15.7 Å². The highest BCUT2D eigenvalue weighted by atomic mass is 32.2. The molecule has 1 aliphatic rings. The molecule has 0 radical (unpaired) electrons. The van der Waals surface area contributed by atoms with Gasteiger partial charge in [-0.1, -0.05) is 24.3 Å². The normalized spacial score (nSPS) is 19.2. The Hall–Kier alpha value is -2.48. The molecular weight excluding hydrogens is 388 g/mol. The number of rotatable bonds is 6. The van der Waals surface area contributed by atoms with Gasteiger partial charge in [-0.25, -0.2) is 17.2 Å². The van der Waals surface area contributed by atoms with Crippen LogP contribution in [-0.2, 0) is 21.2 Å². The van der Waals surface area contributed by atoms with E-state index in [0.717, 1.165) is 0 Å². The van der Waals surface area contributed by atoms with E-state index in [9.17, 15) is 22.0 Å². The van der Waals surface area contributed by atoms with Gasteiger partial charge in [-0.15, -0.1) is 0 Å². The van der Waals surface area contributed by atoms with E-state index < -0.39 is 39.5 Å². The number of hydrogen-bond donors (Lipinski definition) is 0. The maximum absolute atomic E-state index is 13.8.